The fourth-order valence-corrected chi connectivity index (χ4v) is 5.55. The molecule has 1 aromatic carbocycles. The zero-order valence-electron chi connectivity index (χ0n) is 21.7. The predicted octanol–water partition coefficient (Wildman–Crippen LogP) is 4.95. The number of benzene rings is 1. The number of rotatable bonds is 5. The maximum Gasteiger partial charge on any atom is 0.410 e. The number of imidazole rings is 1. The molecular weight excluding hydrogens is 456 g/mol. The molecule has 5 rings (SSSR count). The molecule has 9 nitrogen and oxygen atoms in total. The third-order valence-electron chi connectivity index (χ3n) is 7.41. The zero-order chi connectivity index (χ0) is 25.7. The average Bonchev–Trinajstić information content (AvgIpc) is 3.52. The summed E-state index contributed by atoms with van der Waals surface area (Å²) in [6.45, 7) is 12.0. The topological polar surface area (TPSA) is 110 Å². The van der Waals surface area contributed by atoms with Gasteiger partial charge in [0, 0.05) is 18.5 Å². The maximum absolute atomic E-state index is 13.0. The lowest BCUT2D eigenvalue weighted by Crippen LogP contribution is -2.43. The number of ether oxygens (including phenoxy) is 1. The van der Waals surface area contributed by atoms with Crippen LogP contribution in [-0.4, -0.2) is 49.4 Å². The van der Waals surface area contributed by atoms with E-state index in [0.29, 0.717) is 36.3 Å². The van der Waals surface area contributed by atoms with Crippen molar-refractivity contribution in [1.82, 2.24) is 24.6 Å². The Balaban J connectivity index is 1.28. The quantitative estimate of drug-likeness (QED) is 0.498. The zero-order valence-corrected chi connectivity index (χ0v) is 21.7. The van der Waals surface area contributed by atoms with Gasteiger partial charge in [-0.05, 0) is 63.6 Å². The van der Waals surface area contributed by atoms with Crippen LogP contribution in [0.15, 0.2) is 29.0 Å². The summed E-state index contributed by atoms with van der Waals surface area (Å²) < 4.78 is 13.8. The first kappa shape index (κ1) is 24.3. The fourth-order valence-electron chi connectivity index (χ4n) is 5.55. The lowest BCUT2D eigenvalue weighted by molar-refractivity contribution is 0.00413. The van der Waals surface area contributed by atoms with Gasteiger partial charge < -0.3 is 18.7 Å². The van der Waals surface area contributed by atoms with Gasteiger partial charge in [0.15, 0.2) is 5.82 Å². The van der Waals surface area contributed by atoms with Crippen molar-refractivity contribution in [3.05, 3.63) is 41.8 Å². The van der Waals surface area contributed by atoms with Crippen LogP contribution in [0.1, 0.15) is 77.6 Å². The van der Waals surface area contributed by atoms with E-state index < -0.39 is 11.0 Å². The van der Waals surface area contributed by atoms with Crippen LogP contribution in [-0.2, 0) is 22.1 Å². The van der Waals surface area contributed by atoms with Gasteiger partial charge in [-0.25, -0.2) is 9.78 Å². The predicted molar refractivity (Wildman–Crippen MR) is 133 cm³/mol. The van der Waals surface area contributed by atoms with Crippen molar-refractivity contribution in [1.29, 1.82) is 5.26 Å². The first-order chi connectivity index (χ1) is 17.0. The van der Waals surface area contributed by atoms with Crippen molar-refractivity contribution in [2.45, 2.75) is 83.3 Å². The Morgan fingerprint density at radius 2 is 2.06 bits per heavy atom. The molecule has 2 atom stereocenters. The van der Waals surface area contributed by atoms with E-state index in [4.69, 9.17) is 9.26 Å². The number of nitriles is 1. The highest BCUT2D eigenvalue weighted by Gasteiger charge is 2.49. The van der Waals surface area contributed by atoms with Crippen LogP contribution in [0.4, 0.5) is 4.79 Å². The molecule has 2 aromatic heterocycles. The van der Waals surface area contributed by atoms with Gasteiger partial charge in [0.25, 0.3) is 0 Å². The van der Waals surface area contributed by atoms with E-state index in [-0.39, 0.29) is 11.5 Å². The number of carbonyl (C=O) groups is 1. The highest BCUT2D eigenvalue weighted by molar-refractivity contribution is 5.77. The molecule has 1 aliphatic carbocycles. The molecule has 1 saturated carbocycles. The summed E-state index contributed by atoms with van der Waals surface area (Å²) >= 11 is 0. The number of nitrogens with zero attached hydrogens (tertiary/aromatic N) is 6. The van der Waals surface area contributed by atoms with Crippen LogP contribution in [0.3, 0.4) is 0 Å². The van der Waals surface area contributed by atoms with E-state index >= 15 is 0 Å². The first-order valence-electron chi connectivity index (χ1n) is 12.7. The molecule has 1 saturated heterocycles. The second kappa shape index (κ2) is 8.61. The number of fused-ring (bicyclic) bond motifs is 1. The molecule has 2 fully saturated rings. The Kier molecular flexibility index (Phi) is 5.81. The van der Waals surface area contributed by atoms with Crippen LogP contribution in [0, 0.1) is 17.2 Å². The average molecular weight is 491 g/mol. The summed E-state index contributed by atoms with van der Waals surface area (Å²) in [6.07, 6.45) is 5.32. The van der Waals surface area contributed by atoms with Crippen molar-refractivity contribution in [2.24, 2.45) is 5.92 Å². The van der Waals surface area contributed by atoms with Crippen LogP contribution in [0.25, 0.3) is 11.0 Å². The number of amides is 1. The van der Waals surface area contributed by atoms with E-state index in [1.807, 2.05) is 53.1 Å². The van der Waals surface area contributed by atoms with E-state index in [9.17, 15) is 10.1 Å². The van der Waals surface area contributed by atoms with Crippen molar-refractivity contribution >= 4 is 17.1 Å². The largest absolute Gasteiger partial charge is 0.441 e. The molecule has 190 valence electrons. The summed E-state index contributed by atoms with van der Waals surface area (Å²) in [5.41, 5.74) is 1.30. The molecule has 1 amide bonds. The summed E-state index contributed by atoms with van der Waals surface area (Å²) in [7, 11) is 0. The summed E-state index contributed by atoms with van der Waals surface area (Å²) in [5.74, 6) is 1.55. The van der Waals surface area contributed by atoms with Crippen molar-refractivity contribution in [3.8, 4) is 6.07 Å². The Morgan fingerprint density at radius 3 is 2.78 bits per heavy atom. The normalized spacial score (nSPS) is 22.8. The molecule has 3 aromatic rings. The Hall–Kier alpha value is -3.41. The van der Waals surface area contributed by atoms with Gasteiger partial charge >= 0.3 is 6.09 Å². The van der Waals surface area contributed by atoms with Crippen molar-refractivity contribution in [3.63, 3.8) is 0 Å². The second-order valence-electron chi connectivity index (χ2n) is 12.1. The number of hydrogen-bond donors (Lipinski definition) is 0. The van der Waals surface area contributed by atoms with Crippen LogP contribution < -0.4 is 0 Å². The van der Waals surface area contributed by atoms with E-state index in [2.05, 4.69) is 25.8 Å². The van der Waals surface area contributed by atoms with Gasteiger partial charge in [-0.1, -0.05) is 25.9 Å². The molecule has 0 bridgehead atoms. The molecule has 1 spiro atoms. The number of carbonyl (C=O) groups excluding carboxylic acids is 1. The molecular formula is C27H34N6O3. The number of aromatic nitrogens is 4. The maximum atomic E-state index is 13.0. The van der Waals surface area contributed by atoms with E-state index in [1.54, 1.807) is 11.0 Å². The lowest BCUT2D eigenvalue weighted by Gasteiger charge is -2.36. The smallest absolute Gasteiger partial charge is 0.410 e. The minimum absolute atomic E-state index is 0.206. The molecule has 1 unspecified atom stereocenters. The lowest BCUT2D eigenvalue weighted by atomic mass is 9.77. The van der Waals surface area contributed by atoms with Gasteiger partial charge in [0.1, 0.15) is 5.60 Å². The summed E-state index contributed by atoms with van der Waals surface area (Å²) in [6, 6.07) is 7.78. The van der Waals surface area contributed by atoms with Crippen LogP contribution >= 0.6 is 0 Å². The molecule has 3 heterocycles. The Bertz CT molecular complexity index is 1330. The van der Waals surface area contributed by atoms with Crippen molar-refractivity contribution < 1.29 is 14.1 Å². The highest BCUT2D eigenvalue weighted by Crippen LogP contribution is 2.41. The molecule has 0 N–H and O–H groups in total. The third-order valence-corrected chi connectivity index (χ3v) is 7.41. The second-order valence-corrected chi connectivity index (χ2v) is 12.1. The van der Waals surface area contributed by atoms with E-state index in [0.717, 1.165) is 43.3 Å². The highest BCUT2D eigenvalue weighted by atomic mass is 16.6. The van der Waals surface area contributed by atoms with Gasteiger partial charge in [0.05, 0.1) is 41.0 Å². The SMILES string of the molecule is CC(C)(C)c1noc(C(C)(C)CN2CC3(CCC[C@H](Cn4cnc5ccc(C#N)cc54)C3)OC2=O)n1. The van der Waals surface area contributed by atoms with Gasteiger partial charge in [0.2, 0.25) is 5.89 Å². The number of hydrogen-bond acceptors (Lipinski definition) is 7. The van der Waals surface area contributed by atoms with Crippen molar-refractivity contribution in [2.75, 3.05) is 13.1 Å². The third kappa shape index (κ3) is 4.57. The van der Waals surface area contributed by atoms with E-state index in [1.165, 1.54) is 0 Å². The molecule has 0 radical (unpaired) electrons. The summed E-state index contributed by atoms with van der Waals surface area (Å²) in [5, 5.41) is 13.4. The minimum Gasteiger partial charge on any atom is -0.441 e. The van der Waals surface area contributed by atoms with Crippen LogP contribution in [0.5, 0.6) is 0 Å². The monoisotopic (exact) mass is 490 g/mol. The van der Waals surface area contributed by atoms with Gasteiger partial charge in [-0.15, -0.1) is 0 Å². The Labute approximate surface area is 211 Å². The van der Waals surface area contributed by atoms with Gasteiger partial charge in [-0.2, -0.15) is 10.2 Å². The standard InChI is InChI=1S/C27H34N6O3/c1-25(2,3)22-30-23(36-31-22)26(4,5)15-33-16-27(35-24(33)34)10-6-7-19(12-27)14-32-17-29-20-9-8-18(13-28)11-21(20)32/h8-9,11,17,19H,6-7,10,12,14-16H2,1-5H3/t19-,27?/m0/s1. The summed E-state index contributed by atoms with van der Waals surface area (Å²) in [4.78, 5) is 23.9. The molecule has 9 heteroatoms. The minimum atomic E-state index is -0.497. The molecule has 2 aliphatic rings. The van der Waals surface area contributed by atoms with Crippen LogP contribution in [0.2, 0.25) is 0 Å². The molecule has 1 aliphatic heterocycles. The Morgan fingerprint density at radius 1 is 1.25 bits per heavy atom. The molecule has 36 heavy (non-hydrogen) atoms. The van der Waals surface area contributed by atoms with Gasteiger partial charge in [-0.3, -0.25) is 0 Å². The first-order valence-corrected chi connectivity index (χ1v) is 12.7. The fraction of sp³-hybridized carbons (Fsp3) is 0.593.